The summed E-state index contributed by atoms with van der Waals surface area (Å²) in [7, 11) is 0. The number of hydrogen-bond donors (Lipinski definition) is 3. The first kappa shape index (κ1) is 17.2. The zero-order valence-electron chi connectivity index (χ0n) is 12.7. The molecule has 0 atom stereocenters. The first-order chi connectivity index (χ1) is 9.80. The maximum Gasteiger partial charge on any atom is 0.321 e. The molecule has 0 saturated carbocycles. The Labute approximate surface area is 124 Å². The summed E-state index contributed by atoms with van der Waals surface area (Å²) in [5, 5.41) is 14.5. The summed E-state index contributed by atoms with van der Waals surface area (Å²) in [5.41, 5.74) is -0.891. The molecule has 0 aliphatic rings. The third kappa shape index (κ3) is 7.48. The molecule has 1 aromatic rings. The minimum absolute atomic E-state index is 0.0503. The maximum atomic E-state index is 11.8. The van der Waals surface area contributed by atoms with Gasteiger partial charge in [0, 0.05) is 6.54 Å². The normalized spacial score (nSPS) is 11.5. The van der Waals surface area contributed by atoms with Crippen LogP contribution in [0.1, 0.15) is 26.5 Å². The van der Waals surface area contributed by atoms with Gasteiger partial charge in [-0.1, -0.05) is 6.92 Å². The number of aliphatic hydroxyl groups is 1. The van der Waals surface area contributed by atoms with Crippen molar-refractivity contribution in [2.45, 2.75) is 32.9 Å². The standard InChI is InChI=1S/C14H23N3O4/c1-4-17(10-14(2,3)20)9-12(18)16-13(19)15-8-11-6-5-7-21-11/h5-7,20H,4,8-10H2,1-3H3,(H2,15,16,18,19). The lowest BCUT2D eigenvalue weighted by molar-refractivity contribution is -0.121. The highest BCUT2D eigenvalue weighted by Crippen LogP contribution is 2.04. The molecule has 1 heterocycles. The monoisotopic (exact) mass is 297 g/mol. The third-order valence-electron chi connectivity index (χ3n) is 2.68. The first-order valence-electron chi connectivity index (χ1n) is 6.85. The summed E-state index contributed by atoms with van der Waals surface area (Å²) in [6.45, 7) is 6.45. The van der Waals surface area contributed by atoms with Crippen LogP contribution in [0.5, 0.6) is 0 Å². The Kier molecular flexibility index (Phi) is 6.39. The number of urea groups is 1. The Balaban J connectivity index is 2.32. The van der Waals surface area contributed by atoms with E-state index in [9.17, 15) is 14.7 Å². The Morgan fingerprint density at radius 1 is 1.43 bits per heavy atom. The number of furan rings is 1. The molecular weight excluding hydrogens is 274 g/mol. The van der Waals surface area contributed by atoms with E-state index in [0.29, 0.717) is 18.8 Å². The van der Waals surface area contributed by atoms with Gasteiger partial charge in [0.1, 0.15) is 5.76 Å². The van der Waals surface area contributed by atoms with Gasteiger partial charge < -0.3 is 14.8 Å². The molecule has 0 aliphatic heterocycles. The number of nitrogens with one attached hydrogen (secondary N) is 2. The largest absolute Gasteiger partial charge is 0.467 e. The quantitative estimate of drug-likeness (QED) is 0.688. The van der Waals surface area contributed by atoms with Crippen LogP contribution in [0.4, 0.5) is 4.79 Å². The number of carbonyl (C=O) groups excluding carboxylic acids is 2. The minimum Gasteiger partial charge on any atom is -0.467 e. The highest BCUT2D eigenvalue weighted by Gasteiger charge is 2.19. The minimum atomic E-state index is -0.891. The molecule has 7 nitrogen and oxygen atoms in total. The van der Waals surface area contributed by atoms with Gasteiger partial charge in [-0.2, -0.15) is 0 Å². The number of amides is 3. The van der Waals surface area contributed by atoms with Crippen LogP contribution in [0.2, 0.25) is 0 Å². The predicted molar refractivity (Wildman–Crippen MR) is 77.5 cm³/mol. The molecule has 0 aromatic carbocycles. The summed E-state index contributed by atoms with van der Waals surface area (Å²) < 4.78 is 5.06. The molecule has 3 amide bonds. The van der Waals surface area contributed by atoms with Gasteiger partial charge in [0.05, 0.1) is 25.0 Å². The Bertz CT molecular complexity index is 451. The topological polar surface area (TPSA) is 94.8 Å². The second kappa shape index (κ2) is 7.80. The Hall–Kier alpha value is -1.86. The van der Waals surface area contributed by atoms with E-state index in [2.05, 4.69) is 10.6 Å². The molecule has 118 valence electrons. The SMILES string of the molecule is CCN(CC(=O)NC(=O)NCc1ccco1)CC(C)(C)O. The van der Waals surface area contributed by atoms with Crippen LogP contribution in [0, 0.1) is 0 Å². The van der Waals surface area contributed by atoms with Gasteiger partial charge in [0.15, 0.2) is 0 Å². The highest BCUT2D eigenvalue weighted by molar-refractivity contribution is 5.95. The van der Waals surface area contributed by atoms with Gasteiger partial charge >= 0.3 is 6.03 Å². The zero-order chi connectivity index (χ0) is 15.9. The molecule has 0 bridgehead atoms. The smallest absolute Gasteiger partial charge is 0.321 e. The summed E-state index contributed by atoms with van der Waals surface area (Å²) in [4.78, 5) is 25.1. The molecule has 1 rings (SSSR count). The van der Waals surface area contributed by atoms with Crippen LogP contribution in [0.15, 0.2) is 22.8 Å². The molecule has 7 heteroatoms. The van der Waals surface area contributed by atoms with Crippen molar-refractivity contribution in [2.75, 3.05) is 19.6 Å². The van der Waals surface area contributed by atoms with Crippen LogP contribution >= 0.6 is 0 Å². The number of likely N-dealkylation sites (N-methyl/N-ethyl adjacent to an activating group) is 1. The highest BCUT2D eigenvalue weighted by atomic mass is 16.3. The second-order valence-corrected chi connectivity index (χ2v) is 5.43. The van der Waals surface area contributed by atoms with Gasteiger partial charge in [-0.3, -0.25) is 15.0 Å². The van der Waals surface area contributed by atoms with E-state index in [4.69, 9.17) is 4.42 Å². The van der Waals surface area contributed by atoms with Gasteiger partial charge in [0.25, 0.3) is 0 Å². The molecular formula is C14H23N3O4. The average Bonchev–Trinajstić information content (AvgIpc) is 2.86. The molecule has 0 spiro atoms. The van der Waals surface area contributed by atoms with E-state index in [0.717, 1.165) is 0 Å². The summed E-state index contributed by atoms with van der Waals surface area (Å²) >= 11 is 0. The molecule has 1 aromatic heterocycles. The lowest BCUT2D eigenvalue weighted by atomic mass is 10.1. The third-order valence-corrected chi connectivity index (χ3v) is 2.68. The van der Waals surface area contributed by atoms with E-state index >= 15 is 0 Å². The van der Waals surface area contributed by atoms with E-state index in [1.54, 1.807) is 30.9 Å². The van der Waals surface area contributed by atoms with Crippen molar-refractivity contribution < 1.29 is 19.1 Å². The molecule has 0 unspecified atom stereocenters. The van der Waals surface area contributed by atoms with E-state index in [-0.39, 0.29) is 13.1 Å². The molecule has 0 saturated heterocycles. The van der Waals surface area contributed by atoms with Crippen molar-refractivity contribution in [1.82, 2.24) is 15.5 Å². The van der Waals surface area contributed by atoms with Crippen molar-refractivity contribution in [2.24, 2.45) is 0 Å². The second-order valence-electron chi connectivity index (χ2n) is 5.43. The summed E-state index contributed by atoms with van der Waals surface area (Å²) in [5.74, 6) is 0.188. The molecule has 0 fully saturated rings. The van der Waals surface area contributed by atoms with Crippen molar-refractivity contribution in [3.63, 3.8) is 0 Å². The van der Waals surface area contributed by atoms with Crippen LogP contribution < -0.4 is 10.6 Å². The Morgan fingerprint density at radius 3 is 2.67 bits per heavy atom. The number of rotatable bonds is 7. The summed E-state index contributed by atoms with van der Waals surface area (Å²) in [6.07, 6.45) is 1.51. The van der Waals surface area contributed by atoms with Gasteiger partial charge in [0.2, 0.25) is 5.91 Å². The van der Waals surface area contributed by atoms with Gasteiger partial charge in [-0.05, 0) is 32.5 Å². The predicted octanol–water partition coefficient (Wildman–Crippen LogP) is 0.698. The van der Waals surface area contributed by atoms with Crippen molar-refractivity contribution in [3.8, 4) is 0 Å². The fourth-order valence-electron chi connectivity index (χ4n) is 1.82. The lowest BCUT2D eigenvalue weighted by Gasteiger charge is -2.27. The summed E-state index contributed by atoms with van der Waals surface area (Å²) in [6, 6.07) is 2.87. The van der Waals surface area contributed by atoms with Crippen molar-refractivity contribution in [1.29, 1.82) is 0 Å². The van der Waals surface area contributed by atoms with Crippen LogP contribution in [0.3, 0.4) is 0 Å². The molecule has 0 aliphatic carbocycles. The van der Waals surface area contributed by atoms with E-state index < -0.39 is 17.5 Å². The molecule has 21 heavy (non-hydrogen) atoms. The zero-order valence-corrected chi connectivity index (χ0v) is 12.7. The van der Waals surface area contributed by atoms with Crippen LogP contribution in [0.25, 0.3) is 0 Å². The van der Waals surface area contributed by atoms with E-state index in [1.807, 2.05) is 6.92 Å². The van der Waals surface area contributed by atoms with E-state index in [1.165, 1.54) is 6.26 Å². The van der Waals surface area contributed by atoms with Crippen molar-refractivity contribution >= 4 is 11.9 Å². The van der Waals surface area contributed by atoms with Gasteiger partial charge in [-0.15, -0.1) is 0 Å². The first-order valence-corrected chi connectivity index (χ1v) is 6.85. The Morgan fingerprint density at radius 2 is 2.14 bits per heavy atom. The number of hydrogen-bond acceptors (Lipinski definition) is 5. The number of carbonyl (C=O) groups is 2. The van der Waals surface area contributed by atoms with Crippen LogP contribution in [-0.2, 0) is 11.3 Å². The van der Waals surface area contributed by atoms with Crippen molar-refractivity contribution in [3.05, 3.63) is 24.2 Å². The number of imide groups is 1. The fraction of sp³-hybridized carbons (Fsp3) is 0.571. The number of nitrogens with zero attached hydrogens (tertiary/aromatic N) is 1. The van der Waals surface area contributed by atoms with Gasteiger partial charge in [-0.25, -0.2) is 4.79 Å². The molecule has 3 N–H and O–H groups in total. The lowest BCUT2D eigenvalue weighted by Crippen LogP contribution is -2.47. The maximum absolute atomic E-state index is 11.8. The average molecular weight is 297 g/mol. The van der Waals surface area contributed by atoms with Crippen LogP contribution in [-0.4, -0.2) is 47.2 Å². The molecule has 0 radical (unpaired) electrons. The fourth-order valence-corrected chi connectivity index (χ4v) is 1.82.